The van der Waals surface area contributed by atoms with E-state index in [1.165, 1.54) is 4.68 Å². The monoisotopic (exact) mass is 446 g/mol. The second-order valence-electron chi connectivity index (χ2n) is 7.19. The smallest absolute Gasteiger partial charge is 0.292 e. The number of anilines is 1. The number of hydrazine groups is 1. The van der Waals surface area contributed by atoms with E-state index in [1.807, 2.05) is 68.5 Å². The van der Waals surface area contributed by atoms with E-state index >= 15 is 0 Å². The first kappa shape index (κ1) is 21.6. The Morgan fingerprint density at radius 1 is 1.12 bits per heavy atom. The number of nitrogens with zero attached hydrogens (tertiary/aromatic N) is 5. The van der Waals surface area contributed by atoms with Gasteiger partial charge in [0.15, 0.2) is 5.69 Å². The van der Waals surface area contributed by atoms with Crippen LogP contribution in [0.25, 0.3) is 23.2 Å². The van der Waals surface area contributed by atoms with Gasteiger partial charge in [-0.3, -0.25) is 10.2 Å². The molecule has 0 aliphatic carbocycles. The molecule has 0 aliphatic rings. The highest BCUT2D eigenvalue weighted by atomic mass is 16.6. The Morgan fingerprint density at radius 3 is 2.58 bits per heavy atom. The standard InChI is InChI=1S/C22H22N8O3/c1-13-8-10-15(11-9-13)19-18(25-29-30(19)21-20(23)27-33-28-21)22(31)26-24-14(2)12-16-6-4-5-7-17(16)32-3/h4-12,24H,1-3H3,(H2,23,27)(H,26,31)/b14-12+. The highest BCUT2D eigenvalue weighted by molar-refractivity contribution is 5.98. The minimum absolute atomic E-state index is 0.0222. The van der Waals surface area contributed by atoms with Gasteiger partial charge in [0.05, 0.1) is 7.11 Å². The molecule has 0 bridgehead atoms. The van der Waals surface area contributed by atoms with Crippen LogP contribution < -0.4 is 21.3 Å². The second-order valence-corrected chi connectivity index (χ2v) is 7.19. The summed E-state index contributed by atoms with van der Waals surface area (Å²) in [4.78, 5) is 13.0. The molecular formula is C22H22N8O3. The Balaban J connectivity index is 1.62. The number of nitrogens with one attached hydrogen (secondary N) is 2. The molecule has 4 N–H and O–H groups in total. The molecule has 0 fully saturated rings. The van der Waals surface area contributed by atoms with Crippen molar-refractivity contribution >= 4 is 17.8 Å². The van der Waals surface area contributed by atoms with Crippen molar-refractivity contribution in [2.24, 2.45) is 0 Å². The number of rotatable bonds is 7. The molecule has 0 aliphatic heterocycles. The molecule has 4 aromatic rings. The number of benzene rings is 2. The quantitative estimate of drug-likeness (QED) is 0.364. The number of aryl methyl sites for hydroxylation is 1. The zero-order valence-electron chi connectivity index (χ0n) is 18.2. The van der Waals surface area contributed by atoms with Crippen LogP contribution in [0.2, 0.25) is 0 Å². The van der Waals surface area contributed by atoms with Crippen LogP contribution in [-0.4, -0.2) is 38.3 Å². The van der Waals surface area contributed by atoms with Crippen molar-refractivity contribution in [1.29, 1.82) is 0 Å². The van der Waals surface area contributed by atoms with Gasteiger partial charge in [-0.2, -0.15) is 4.68 Å². The fourth-order valence-corrected chi connectivity index (χ4v) is 3.16. The summed E-state index contributed by atoms with van der Waals surface area (Å²) >= 11 is 0. The first-order valence-corrected chi connectivity index (χ1v) is 9.96. The number of carbonyl (C=O) groups is 1. The van der Waals surface area contributed by atoms with Gasteiger partial charge in [-0.1, -0.05) is 53.2 Å². The number of allylic oxidation sites excluding steroid dienone is 1. The highest BCUT2D eigenvalue weighted by Crippen LogP contribution is 2.26. The fourth-order valence-electron chi connectivity index (χ4n) is 3.16. The SMILES string of the molecule is COc1ccccc1/C=C(\C)NNC(=O)c1nnn(-c2nonc2N)c1-c1ccc(C)cc1. The van der Waals surface area contributed by atoms with E-state index in [2.05, 4.69) is 36.1 Å². The number of nitrogen functional groups attached to an aromatic ring is 1. The number of aromatic nitrogens is 5. The Morgan fingerprint density at radius 2 is 1.88 bits per heavy atom. The summed E-state index contributed by atoms with van der Waals surface area (Å²) < 4.78 is 11.4. The van der Waals surface area contributed by atoms with E-state index in [-0.39, 0.29) is 17.3 Å². The van der Waals surface area contributed by atoms with Gasteiger partial charge in [0, 0.05) is 16.8 Å². The van der Waals surface area contributed by atoms with Crippen LogP contribution in [0.1, 0.15) is 28.5 Å². The first-order chi connectivity index (χ1) is 16.0. The molecule has 33 heavy (non-hydrogen) atoms. The van der Waals surface area contributed by atoms with E-state index in [0.717, 1.165) is 11.1 Å². The average Bonchev–Trinajstić information content (AvgIpc) is 3.44. The minimum Gasteiger partial charge on any atom is -0.496 e. The number of hydrogen-bond donors (Lipinski definition) is 3. The number of ether oxygens (including phenoxy) is 1. The maximum absolute atomic E-state index is 13.0. The largest absolute Gasteiger partial charge is 0.496 e. The Kier molecular flexibility index (Phi) is 6.02. The number of nitrogens with two attached hydrogens (primary N) is 1. The van der Waals surface area contributed by atoms with Crippen molar-refractivity contribution in [2.45, 2.75) is 13.8 Å². The van der Waals surface area contributed by atoms with Crippen LogP contribution >= 0.6 is 0 Å². The van der Waals surface area contributed by atoms with E-state index in [4.69, 9.17) is 10.5 Å². The van der Waals surface area contributed by atoms with Gasteiger partial charge in [-0.05, 0) is 36.3 Å². The van der Waals surface area contributed by atoms with Gasteiger partial charge in [0.2, 0.25) is 11.6 Å². The Bertz CT molecular complexity index is 1310. The average molecular weight is 446 g/mol. The van der Waals surface area contributed by atoms with Crippen LogP contribution in [0.4, 0.5) is 5.82 Å². The predicted octanol–water partition coefficient (Wildman–Crippen LogP) is 2.51. The molecule has 0 unspecified atom stereocenters. The zero-order chi connectivity index (χ0) is 23.4. The number of amides is 1. The molecule has 0 atom stereocenters. The van der Waals surface area contributed by atoms with E-state index in [1.54, 1.807) is 7.11 Å². The van der Waals surface area contributed by atoms with Crippen molar-refractivity contribution in [3.05, 3.63) is 71.0 Å². The summed E-state index contributed by atoms with van der Waals surface area (Å²) in [6, 6.07) is 15.1. The molecular weight excluding hydrogens is 424 g/mol. The van der Waals surface area contributed by atoms with Crippen LogP contribution in [0, 0.1) is 6.92 Å². The highest BCUT2D eigenvalue weighted by Gasteiger charge is 2.25. The van der Waals surface area contributed by atoms with Crippen LogP contribution in [0.3, 0.4) is 0 Å². The van der Waals surface area contributed by atoms with Crippen LogP contribution in [0.15, 0.2) is 58.9 Å². The normalized spacial score (nSPS) is 11.3. The van der Waals surface area contributed by atoms with Gasteiger partial charge < -0.3 is 15.9 Å². The Labute approximate surface area is 189 Å². The van der Waals surface area contributed by atoms with Crippen molar-refractivity contribution in [3.63, 3.8) is 0 Å². The van der Waals surface area contributed by atoms with Crippen molar-refractivity contribution in [3.8, 4) is 22.8 Å². The summed E-state index contributed by atoms with van der Waals surface area (Å²) in [5, 5.41) is 15.5. The molecule has 0 saturated carbocycles. The first-order valence-electron chi connectivity index (χ1n) is 9.96. The van der Waals surface area contributed by atoms with Crippen molar-refractivity contribution in [2.75, 3.05) is 12.8 Å². The molecule has 11 nitrogen and oxygen atoms in total. The molecule has 0 spiro atoms. The third-order valence-corrected chi connectivity index (χ3v) is 4.79. The predicted molar refractivity (Wildman–Crippen MR) is 121 cm³/mol. The van der Waals surface area contributed by atoms with Gasteiger partial charge in [-0.15, -0.1) is 5.10 Å². The van der Waals surface area contributed by atoms with Crippen molar-refractivity contribution in [1.82, 2.24) is 36.2 Å². The molecule has 2 aromatic carbocycles. The lowest BCUT2D eigenvalue weighted by Gasteiger charge is -2.10. The van der Waals surface area contributed by atoms with E-state index in [9.17, 15) is 4.79 Å². The lowest BCUT2D eigenvalue weighted by molar-refractivity contribution is 0.0934. The van der Waals surface area contributed by atoms with Gasteiger partial charge in [-0.25, -0.2) is 4.63 Å². The minimum atomic E-state index is -0.500. The van der Waals surface area contributed by atoms with E-state index < -0.39 is 5.91 Å². The molecule has 0 saturated heterocycles. The summed E-state index contributed by atoms with van der Waals surface area (Å²) in [5.74, 6) is 0.374. The molecule has 168 valence electrons. The Hall–Kier alpha value is -4.67. The second kappa shape index (κ2) is 9.22. The lowest BCUT2D eigenvalue weighted by atomic mass is 10.1. The number of hydrogen-bond acceptors (Lipinski definition) is 9. The zero-order valence-corrected chi connectivity index (χ0v) is 18.2. The lowest BCUT2D eigenvalue weighted by Crippen LogP contribution is -2.36. The van der Waals surface area contributed by atoms with Gasteiger partial charge in [0.1, 0.15) is 11.4 Å². The number of methoxy groups -OCH3 is 1. The van der Waals surface area contributed by atoms with Crippen molar-refractivity contribution < 1.29 is 14.2 Å². The maximum Gasteiger partial charge on any atom is 0.292 e. The molecule has 2 aromatic heterocycles. The van der Waals surface area contributed by atoms with Crippen LogP contribution in [-0.2, 0) is 0 Å². The summed E-state index contributed by atoms with van der Waals surface area (Å²) in [6.07, 6.45) is 1.85. The fraction of sp³-hybridized carbons (Fsp3) is 0.136. The van der Waals surface area contributed by atoms with Gasteiger partial charge in [0.25, 0.3) is 5.91 Å². The van der Waals surface area contributed by atoms with E-state index in [0.29, 0.717) is 22.7 Å². The molecule has 1 amide bonds. The molecule has 11 heteroatoms. The third-order valence-electron chi connectivity index (χ3n) is 4.79. The molecule has 2 heterocycles. The maximum atomic E-state index is 13.0. The number of para-hydroxylation sites is 1. The topological polar surface area (TPSA) is 146 Å². The van der Waals surface area contributed by atoms with Crippen LogP contribution in [0.5, 0.6) is 5.75 Å². The molecule has 4 rings (SSSR count). The number of carbonyl (C=O) groups excluding carboxylic acids is 1. The summed E-state index contributed by atoms with van der Waals surface area (Å²) in [7, 11) is 1.60. The van der Waals surface area contributed by atoms with Gasteiger partial charge >= 0.3 is 0 Å². The summed E-state index contributed by atoms with van der Waals surface area (Å²) in [6.45, 7) is 3.78. The summed E-state index contributed by atoms with van der Waals surface area (Å²) in [5.41, 5.74) is 15.1. The molecule has 0 radical (unpaired) electrons. The third kappa shape index (κ3) is 4.51.